The molecular formula is C10H10N2O2S. The minimum Gasteiger partial charge on any atom is -0.431 e. The molecule has 1 aromatic rings. The van der Waals surface area contributed by atoms with Crippen molar-refractivity contribution in [2.24, 2.45) is 5.73 Å². The number of rotatable bonds is 2. The monoisotopic (exact) mass is 222 g/mol. The number of hydrogen-bond donors (Lipinski definition) is 1. The SMILES string of the molecule is NC(=O)CN1Cc2ccccc2OC1=S. The highest BCUT2D eigenvalue weighted by Crippen LogP contribution is 2.25. The Kier molecular flexibility index (Phi) is 2.55. The van der Waals surface area contributed by atoms with E-state index < -0.39 is 5.91 Å². The molecule has 0 unspecified atom stereocenters. The number of para-hydroxylation sites is 1. The van der Waals surface area contributed by atoms with Crippen LogP contribution < -0.4 is 10.5 Å². The number of primary amides is 1. The zero-order valence-electron chi connectivity index (χ0n) is 7.97. The number of nitrogens with zero attached hydrogens (tertiary/aromatic N) is 1. The van der Waals surface area contributed by atoms with Gasteiger partial charge in [-0.3, -0.25) is 4.79 Å². The van der Waals surface area contributed by atoms with Crippen LogP contribution in [0.25, 0.3) is 0 Å². The highest BCUT2D eigenvalue weighted by atomic mass is 32.1. The standard InChI is InChI=1S/C10H10N2O2S/c11-9(13)6-12-5-7-3-1-2-4-8(7)14-10(12)15/h1-4H,5-6H2,(H2,11,13). The predicted octanol–water partition coefficient (Wildman–Crippen LogP) is 0.651. The van der Waals surface area contributed by atoms with Gasteiger partial charge in [-0.15, -0.1) is 0 Å². The summed E-state index contributed by atoms with van der Waals surface area (Å²) in [6.45, 7) is 0.658. The number of carbonyl (C=O) groups is 1. The zero-order chi connectivity index (χ0) is 10.8. The van der Waals surface area contributed by atoms with Crippen molar-refractivity contribution >= 4 is 23.3 Å². The van der Waals surface area contributed by atoms with E-state index in [0.29, 0.717) is 11.7 Å². The number of carbonyl (C=O) groups excluding carboxylic acids is 1. The molecule has 1 heterocycles. The summed E-state index contributed by atoms with van der Waals surface area (Å²) in [7, 11) is 0. The van der Waals surface area contributed by atoms with Crippen molar-refractivity contribution in [3.8, 4) is 5.75 Å². The van der Waals surface area contributed by atoms with Gasteiger partial charge >= 0.3 is 0 Å². The molecule has 0 saturated heterocycles. The third-order valence-corrected chi connectivity index (χ3v) is 2.48. The minimum atomic E-state index is -0.416. The van der Waals surface area contributed by atoms with Crippen LogP contribution >= 0.6 is 12.2 Å². The largest absolute Gasteiger partial charge is 0.431 e. The van der Waals surface area contributed by atoms with Crippen molar-refractivity contribution in [2.45, 2.75) is 6.54 Å². The molecular weight excluding hydrogens is 212 g/mol. The average molecular weight is 222 g/mol. The number of ether oxygens (including phenoxy) is 1. The van der Waals surface area contributed by atoms with Crippen molar-refractivity contribution in [2.75, 3.05) is 6.54 Å². The lowest BCUT2D eigenvalue weighted by Gasteiger charge is -2.29. The molecule has 15 heavy (non-hydrogen) atoms. The van der Waals surface area contributed by atoms with Crippen molar-refractivity contribution in [3.05, 3.63) is 29.8 Å². The van der Waals surface area contributed by atoms with Crippen LogP contribution in [0.4, 0.5) is 0 Å². The van der Waals surface area contributed by atoms with E-state index in [1.54, 1.807) is 4.90 Å². The van der Waals surface area contributed by atoms with Crippen LogP contribution in [0.1, 0.15) is 5.56 Å². The summed E-state index contributed by atoms with van der Waals surface area (Å²) in [5.41, 5.74) is 6.12. The first-order chi connectivity index (χ1) is 7.16. The van der Waals surface area contributed by atoms with E-state index in [-0.39, 0.29) is 6.54 Å². The van der Waals surface area contributed by atoms with Gasteiger partial charge in [0.2, 0.25) is 5.91 Å². The molecule has 0 fully saturated rings. The van der Waals surface area contributed by atoms with E-state index in [4.69, 9.17) is 22.7 Å². The Morgan fingerprint density at radius 2 is 2.27 bits per heavy atom. The second kappa shape index (κ2) is 3.86. The number of nitrogens with two attached hydrogens (primary N) is 1. The number of benzene rings is 1. The maximum Gasteiger partial charge on any atom is 0.265 e. The Morgan fingerprint density at radius 1 is 1.53 bits per heavy atom. The fourth-order valence-electron chi connectivity index (χ4n) is 1.47. The van der Waals surface area contributed by atoms with Crippen LogP contribution in [-0.4, -0.2) is 22.5 Å². The van der Waals surface area contributed by atoms with Gasteiger partial charge < -0.3 is 15.4 Å². The molecule has 0 aromatic heterocycles. The summed E-state index contributed by atoms with van der Waals surface area (Å²) in [5, 5.41) is 0.299. The summed E-state index contributed by atoms with van der Waals surface area (Å²) < 4.78 is 5.39. The third kappa shape index (κ3) is 2.07. The van der Waals surface area contributed by atoms with E-state index in [0.717, 1.165) is 11.3 Å². The smallest absolute Gasteiger partial charge is 0.265 e. The lowest BCUT2D eigenvalue weighted by molar-refractivity contribution is -0.118. The molecule has 0 bridgehead atoms. The van der Waals surface area contributed by atoms with Crippen molar-refractivity contribution in [1.29, 1.82) is 0 Å². The molecule has 5 heteroatoms. The van der Waals surface area contributed by atoms with Crippen LogP contribution in [0.3, 0.4) is 0 Å². The van der Waals surface area contributed by atoms with Gasteiger partial charge in [-0.05, 0) is 18.3 Å². The lowest BCUT2D eigenvalue weighted by atomic mass is 10.1. The molecule has 0 aliphatic carbocycles. The first-order valence-corrected chi connectivity index (χ1v) is 4.90. The maximum atomic E-state index is 10.8. The summed E-state index contributed by atoms with van der Waals surface area (Å²) in [6.07, 6.45) is 0. The van der Waals surface area contributed by atoms with Gasteiger partial charge in [-0.1, -0.05) is 18.2 Å². The molecule has 78 valence electrons. The van der Waals surface area contributed by atoms with Crippen molar-refractivity contribution in [1.82, 2.24) is 4.90 Å². The molecule has 0 saturated carbocycles. The minimum absolute atomic E-state index is 0.0904. The summed E-state index contributed by atoms with van der Waals surface area (Å²) in [6, 6.07) is 7.58. The van der Waals surface area contributed by atoms with E-state index in [1.807, 2.05) is 24.3 Å². The Labute approximate surface area is 92.6 Å². The Morgan fingerprint density at radius 3 is 3.00 bits per heavy atom. The van der Waals surface area contributed by atoms with E-state index in [9.17, 15) is 4.79 Å². The van der Waals surface area contributed by atoms with Crippen molar-refractivity contribution in [3.63, 3.8) is 0 Å². The predicted molar refractivity (Wildman–Crippen MR) is 59.3 cm³/mol. The van der Waals surface area contributed by atoms with E-state index in [1.165, 1.54) is 0 Å². The molecule has 1 aliphatic rings. The average Bonchev–Trinajstić information content (AvgIpc) is 2.18. The van der Waals surface area contributed by atoms with Gasteiger partial charge in [0.05, 0.1) is 6.54 Å². The summed E-state index contributed by atoms with van der Waals surface area (Å²) >= 11 is 5.02. The van der Waals surface area contributed by atoms with Crippen LogP contribution in [0.5, 0.6) is 5.75 Å². The molecule has 0 radical (unpaired) electrons. The first-order valence-electron chi connectivity index (χ1n) is 4.50. The Bertz CT molecular complexity index is 420. The van der Waals surface area contributed by atoms with Crippen LogP contribution in [-0.2, 0) is 11.3 Å². The molecule has 2 N–H and O–H groups in total. The molecule has 2 rings (SSSR count). The number of fused-ring (bicyclic) bond motifs is 1. The van der Waals surface area contributed by atoms with Gasteiger partial charge in [0, 0.05) is 5.56 Å². The Balaban J connectivity index is 2.22. The normalized spacial score (nSPS) is 14.4. The van der Waals surface area contributed by atoms with Crippen LogP contribution in [0.15, 0.2) is 24.3 Å². The van der Waals surface area contributed by atoms with Gasteiger partial charge in [0.25, 0.3) is 5.17 Å². The van der Waals surface area contributed by atoms with E-state index in [2.05, 4.69) is 0 Å². The number of hydrogen-bond acceptors (Lipinski definition) is 3. The fourth-order valence-corrected chi connectivity index (χ4v) is 1.69. The highest BCUT2D eigenvalue weighted by molar-refractivity contribution is 7.80. The third-order valence-electron chi connectivity index (χ3n) is 2.14. The van der Waals surface area contributed by atoms with Crippen LogP contribution in [0, 0.1) is 0 Å². The molecule has 1 aliphatic heterocycles. The van der Waals surface area contributed by atoms with Gasteiger partial charge in [-0.2, -0.15) is 0 Å². The van der Waals surface area contributed by atoms with Gasteiger partial charge in [-0.25, -0.2) is 0 Å². The summed E-state index contributed by atoms with van der Waals surface area (Å²) in [4.78, 5) is 12.4. The quantitative estimate of drug-likeness (QED) is 0.746. The number of amides is 1. The van der Waals surface area contributed by atoms with Crippen molar-refractivity contribution < 1.29 is 9.53 Å². The Hall–Kier alpha value is -1.62. The van der Waals surface area contributed by atoms with E-state index >= 15 is 0 Å². The highest BCUT2D eigenvalue weighted by Gasteiger charge is 2.22. The number of thiocarbonyl (C=S) groups is 1. The van der Waals surface area contributed by atoms with Gasteiger partial charge in [0.15, 0.2) is 0 Å². The second-order valence-corrected chi connectivity index (χ2v) is 3.65. The lowest BCUT2D eigenvalue weighted by Crippen LogP contribution is -2.41. The topological polar surface area (TPSA) is 55.6 Å². The fraction of sp³-hybridized carbons (Fsp3) is 0.200. The molecule has 1 amide bonds. The molecule has 4 nitrogen and oxygen atoms in total. The molecule has 0 spiro atoms. The maximum absolute atomic E-state index is 10.8. The van der Waals surface area contributed by atoms with Gasteiger partial charge in [0.1, 0.15) is 12.3 Å². The second-order valence-electron chi connectivity index (χ2n) is 3.30. The van der Waals surface area contributed by atoms with Crippen LogP contribution in [0.2, 0.25) is 0 Å². The molecule has 0 atom stereocenters. The summed E-state index contributed by atoms with van der Waals surface area (Å²) in [5.74, 6) is 0.337. The molecule has 1 aromatic carbocycles. The zero-order valence-corrected chi connectivity index (χ0v) is 8.79. The first kappa shape index (κ1) is 9.92.